The Morgan fingerprint density at radius 1 is 1.22 bits per heavy atom. The van der Waals surface area contributed by atoms with Gasteiger partial charge in [-0.15, -0.1) is 21.5 Å². The van der Waals surface area contributed by atoms with Gasteiger partial charge in [0.2, 0.25) is 0 Å². The smallest absolute Gasteiger partial charge is 0.306 e. The van der Waals surface area contributed by atoms with Crippen LogP contribution in [0.1, 0.15) is 57.7 Å². The molecule has 0 amide bonds. The van der Waals surface area contributed by atoms with Gasteiger partial charge in [-0.05, 0) is 38.3 Å². The number of benzene rings is 1. The number of hydroxylamine groups is 1. The van der Waals surface area contributed by atoms with Gasteiger partial charge in [0.1, 0.15) is 16.9 Å². The fraction of sp³-hybridized carbons (Fsp3) is 0.304. The largest absolute Gasteiger partial charge is 0.481 e. The summed E-state index contributed by atoms with van der Waals surface area (Å²) in [6.07, 6.45) is 4.55. The van der Waals surface area contributed by atoms with Crippen LogP contribution >= 0.6 is 11.3 Å². The molecule has 3 heterocycles. The Kier molecular flexibility index (Phi) is 6.31. The summed E-state index contributed by atoms with van der Waals surface area (Å²) in [5.41, 5.74) is 7.00. The molecule has 1 atom stereocenters. The van der Waals surface area contributed by atoms with Crippen molar-refractivity contribution in [2.75, 3.05) is 6.54 Å². The van der Waals surface area contributed by atoms with Gasteiger partial charge in [0.15, 0.2) is 5.82 Å². The van der Waals surface area contributed by atoms with Gasteiger partial charge in [-0.3, -0.25) is 14.4 Å². The predicted octanol–water partition coefficient (Wildman–Crippen LogP) is 4.00. The molecule has 0 fully saturated rings. The van der Waals surface area contributed by atoms with Gasteiger partial charge < -0.3 is 10.3 Å². The van der Waals surface area contributed by atoms with E-state index in [1.165, 1.54) is 4.88 Å². The highest BCUT2D eigenvalue weighted by Gasteiger charge is 2.32. The van der Waals surface area contributed by atoms with Crippen molar-refractivity contribution in [3.05, 3.63) is 69.1 Å². The Balaban J connectivity index is 1.82. The first-order valence-corrected chi connectivity index (χ1v) is 11.2. The average Bonchev–Trinajstić information content (AvgIpc) is 3.24. The van der Waals surface area contributed by atoms with Gasteiger partial charge in [0.05, 0.1) is 12.1 Å². The number of nitrogens with one attached hydrogen (secondary N) is 1. The summed E-state index contributed by atoms with van der Waals surface area (Å²) in [5.74, 6) is 0.341. The lowest BCUT2D eigenvalue weighted by Crippen LogP contribution is -2.10. The van der Waals surface area contributed by atoms with Gasteiger partial charge >= 0.3 is 5.97 Å². The number of rotatable bonds is 7. The molecule has 1 aliphatic heterocycles. The molecule has 0 unspecified atom stereocenters. The molecule has 8 nitrogen and oxygen atoms in total. The fourth-order valence-corrected chi connectivity index (χ4v) is 5.02. The molecular formula is C23H25N5O3S. The van der Waals surface area contributed by atoms with Crippen LogP contribution in [0, 0.1) is 20.8 Å². The van der Waals surface area contributed by atoms with Crippen molar-refractivity contribution in [2.45, 2.75) is 39.7 Å². The summed E-state index contributed by atoms with van der Waals surface area (Å²) < 4.78 is 1.95. The number of carboxylic acid groups (broad SMARTS) is 1. The average molecular weight is 452 g/mol. The lowest BCUT2D eigenvalue weighted by atomic mass is 9.98. The SMILES string of the molecule is Cc1sc2c(c1C)C(c1ccc(C=CCCNO)cc1)=N[C@H](CC(=O)O)c1nnc(C)n1-2. The quantitative estimate of drug-likeness (QED) is 0.370. The lowest BCUT2D eigenvalue weighted by Gasteiger charge is -2.11. The van der Waals surface area contributed by atoms with Gasteiger partial charge in [0, 0.05) is 22.5 Å². The topological polar surface area (TPSA) is 113 Å². The minimum atomic E-state index is -0.929. The van der Waals surface area contributed by atoms with Crippen LogP contribution in [-0.2, 0) is 4.79 Å². The molecule has 2 aromatic heterocycles. The van der Waals surface area contributed by atoms with Crippen LogP contribution in [0.5, 0.6) is 0 Å². The summed E-state index contributed by atoms with van der Waals surface area (Å²) >= 11 is 1.65. The van der Waals surface area contributed by atoms with E-state index in [0.29, 0.717) is 18.2 Å². The number of aliphatic carboxylic acids is 1. The van der Waals surface area contributed by atoms with E-state index in [-0.39, 0.29) is 6.42 Å². The fourth-order valence-electron chi connectivity index (χ4n) is 3.81. The maximum atomic E-state index is 11.6. The highest BCUT2D eigenvalue weighted by molar-refractivity contribution is 7.15. The van der Waals surface area contributed by atoms with Crippen LogP contribution in [0.3, 0.4) is 0 Å². The number of carboxylic acids is 1. The van der Waals surface area contributed by atoms with E-state index in [4.69, 9.17) is 10.2 Å². The molecule has 4 rings (SSSR count). The Morgan fingerprint density at radius 2 is 1.97 bits per heavy atom. The molecule has 32 heavy (non-hydrogen) atoms. The number of carbonyl (C=O) groups is 1. The highest BCUT2D eigenvalue weighted by Crippen LogP contribution is 2.39. The van der Waals surface area contributed by atoms with Gasteiger partial charge in [-0.25, -0.2) is 5.48 Å². The van der Waals surface area contributed by atoms with Crippen molar-refractivity contribution in [3.63, 3.8) is 0 Å². The molecule has 0 spiro atoms. The Labute approximate surface area is 189 Å². The third-order valence-electron chi connectivity index (χ3n) is 5.52. The molecule has 3 N–H and O–H groups in total. The number of hydrogen-bond acceptors (Lipinski definition) is 7. The number of aryl methyl sites for hydroxylation is 2. The summed E-state index contributed by atoms with van der Waals surface area (Å²) in [6, 6.07) is 7.41. The molecule has 1 aliphatic rings. The van der Waals surface area contributed by atoms with Gasteiger partial charge in [0.25, 0.3) is 0 Å². The second kappa shape index (κ2) is 9.15. The molecule has 1 aromatic carbocycles. The number of nitrogens with zero attached hydrogens (tertiary/aromatic N) is 4. The molecular weight excluding hydrogens is 426 g/mol. The van der Waals surface area contributed by atoms with Crippen LogP contribution in [0.2, 0.25) is 0 Å². The number of aromatic nitrogens is 3. The monoisotopic (exact) mass is 451 g/mol. The third kappa shape index (κ3) is 4.14. The standard InChI is InChI=1S/C23H25N5O3S/c1-13-14(2)32-23-20(13)21(17-9-7-16(8-10-17)6-4-5-11-24-31)25-18(12-19(29)30)22-27-26-15(3)28(22)23/h4,6-10,18,24,31H,5,11-12H2,1-3H3,(H,29,30)/t18-/m1/s1. The summed E-state index contributed by atoms with van der Waals surface area (Å²) in [7, 11) is 0. The maximum absolute atomic E-state index is 11.6. The van der Waals surface area contributed by atoms with Crippen LogP contribution < -0.4 is 5.48 Å². The molecule has 0 aliphatic carbocycles. The van der Waals surface area contributed by atoms with Gasteiger partial charge in [-0.1, -0.05) is 36.4 Å². The van der Waals surface area contributed by atoms with Crippen molar-refractivity contribution >= 4 is 29.1 Å². The van der Waals surface area contributed by atoms with E-state index in [9.17, 15) is 9.90 Å². The first-order valence-electron chi connectivity index (χ1n) is 10.4. The van der Waals surface area contributed by atoms with E-state index in [2.05, 4.69) is 29.5 Å². The second-order valence-electron chi connectivity index (χ2n) is 7.72. The summed E-state index contributed by atoms with van der Waals surface area (Å²) in [6.45, 7) is 6.53. The number of thiophene rings is 1. The summed E-state index contributed by atoms with van der Waals surface area (Å²) in [4.78, 5) is 17.7. The van der Waals surface area contributed by atoms with Crippen molar-refractivity contribution in [2.24, 2.45) is 4.99 Å². The number of aliphatic imine (C=N–C) groups is 1. The van der Waals surface area contributed by atoms with Crippen LogP contribution in [0.25, 0.3) is 11.1 Å². The molecule has 0 radical (unpaired) electrons. The van der Waals surface area contributed by atoms with Crippen molar-refractivity contribution in [1.29, 1.82) is 0 Å². The van der Waals surface area contributed by atoms with Crippen LogP contribution in [0.4, 0.5) is 0 Å². The zero-order valence-electron chi connectivity index (χ0n) is 18.2. The van der Waals surface area contributed by atoms with E-state index in [1.54, 1.807) is 11.3 Å². The maximum Gasteiger partial charge on any atom is 0.306 e. The Morgan fingerprint density at radius 3 is 2.66 bits per heavy atom. The molecule has 0 bridgehead atoms. The van der Waals surface area contributed by atoms with E-state index in [0.717, 1.165) is 39.4 Å². The molecule has 3 aromatic rings. The Bertz CT molecular complexity index is 1210. The highest BCUT2D eigenvalue weighted by atomic mass is 32.1. The number of hydrogen-bond donors (Lipinski definition) is 3. The minimum Gasteiger partial charge on any atom is -0.481 e. The second-order valence-corrected chi connectivity index (χ2v) is 8.92. The first-order chi connectivity index (χ1) is 15.4. The van der Waals surface area contributed by atoms with Crippen molar-refractivity contribution in [3.8, 4) is 5.00 Å². The van der Waals surface area contributed by atoms with Crippen molar-refractivity contribution < 1.29 is 15.1 Å². The van der Waals surface area contributed by atoms with E-state index < -0.39 is 12.0 Å². The first kappa shape index (κ1) is 22.1. The molecule has 9 heteroatoms. The molecule has 166 valence electrons. The van der Waals surface area contributed by atoms with E-state index >= 15 is 0 Å². The normalized spacial score (nSPS) is 15.4. The molecule has 0 saturated carbocycles. The zero-order valence-corrected chi connectivity index (χ0v) is 19.0. The minimum absolute atomic E-state index is 0.158. The third-order valence-corrected chi connectivity index (χ3v) is 6.72. The number of fused-ring (bicyclic) bond motifs is 3. The van der Waals surface area contributed by atoms with Crippen LogP contribution in [-0.4, -0.2) is 43.3 Å². The predicted molar refractivity (Wildman–Crippen MR) is 124 cm³/mol. The van der Waals surface area contributed by atoms with E-state index in [1.807, 2.05) is 47.9 Å². The van der Waals surface area contributed by atoms with Gasteiger partial charge in [-0.2, -0.15) is 0 Å². The summed E-state index contributed by atoms with van der Waals surface area (Å²) in [5, 5.41) is 27.7. The Hall–Kier alpha value is -3.14. The lowest BCUT2D eigenvalue weighted by molar-refractivity contribution is -0.137. The molecule has 0 saturated heterocycles. The van der Waals surface area contributed by atoms with Crippen LogP contribution in [0.15, 0.2) is 35.3 Å². The zero-order chi connectivity index (χ0) is 22.8. The van der Waals surface area contributed by atoms with Crippen molar-refractivity contribution in [1.82, 2.24) is 20.2 Å².